The van der Waals surface area contributed by atoms with Gasteiger partial charge in [-0.25, -0.2) is 0 Å². The lowest BCUT2D eigenvalue weighted by atomic mass is 10.0. The van der Waals surface area contributed by atoms with Gasteiger partial charge >= 0.3 is 0 Å². The minimum absolute atomic E-state index is 0.0112. The predicted molar refractivity (Wildman–Crippen MR) is 71.4 cm³/mol. The maximum Gasteiger partial charge on any atom is 0.223 e. The highest BCUT2D eigenvalue weighted by Crippen LogP contribution is 2.25. The van der Waals surface area contributed by atoms with Crippen LogP contribution < -0.4 is 0 Å². The van der Waals surface area contributed by atoms with Crippen LogP contribution in [0.2, 0.25) is 0 Å². The lowest BCUT2D eigenvalue weighted by Gasteiger charge is -2.19. The van der Waals surface area contributed by atoms with Crippen LogP contribution in [0.15, 0.2) is 49.0 Å². The Balaban J connectivity index is 2.56. The average molecular weight is 225 g/mol. The molecular formula is C15H15NO. The molecule has 0 fully saturated rings. The van der Waals surface area contributed by atoms with E-state index in [0.717, 1.165) is 22.0 Å². The van der Waals surface area contributed by atoms with E-state index in [0.29, 0.717) is 0 Å². The molecule has 0 atom stereocenters. The topological polar surface area (TPSA) is 20.3 Å². The van der Waals surface area contributed by atoms with E-state index in [1.807, 2.05) is 30.3 Å². The van der Waals surface area contributed by atoms with E-state index in [4.69, 9.17) is 0 Å². The Kier molecular flexibility index (Phi) is 2.96. The number of amides is 1. The minimum Gasteiger partial charge on any atom is -0.316 e. The average Bonchev–Trinajstić information content (AvgIpc) is 2.36. The molecule has 0 radical (unpaired) electrons. The van der Waals surface area contributed by atoms with Gasteiger partial charge in [0.2, 0.25) is 5.91 Å². The molecule has 0 saturated heterocycles. The first-order valence-electron chi connectivity index (χ1n) is 5.52. The molecule has 1 amide bonds. The van der Waals surface area contributed by atoms with E-state index in [1.165, 1.54) is 6.92 Å². The molecule has 2 nitrogen and oxygen atoms in total. The Morgan fingerprint density at radius 2 is 1.76 bits per heavy atom. The van der Waals surface area contributed by atoms with Gasteiger partial charge in [-0.15, -0.1) is 0 Å². The zero-order chi connectivity index (χ0) is 12.4. The van der Waals surface area contributed by atoms with Crippen molar-refractivity contribution in [2.75, 3.05) is 7.05 Å². The fourth-order valence-corrected chi connectivity index (χ4v) is 1.85. The summed E-state index contributed by atoms with van der Waals surface area (Å²) >= 11 is 0. The molecule has 0 aliphatic heterocycles. The van der Waals surface area contributed by atoms with Crippen LogP contribution in [-0.4, -0.2) is 17.9 Å². The molecule has 0 N–H and O–H groups in total. The van der Waals surface area contributed by atoms with Gasteiger partial charge in [-0.05, 0) is 10.8 Å². The van der Waals surface area contributed by atoms with Gasteiger partial charge in [0, 0.05) is 25.2 Å². The number of hydrogen-bond donors (Lipinski definition) is 0. The molecule has 2 aromatic carbocycles. The number of carbonyl (C=O) groups is 1. The molecule has 2 heteroatoms. The predicted octanol–water partition coefficient (Wildman–Crippen LogP) is 3.29. The van der Waals surface area contributed by atoms with Crippen LogP contribution >= 0.6 is 0 Å². The van der Waals surface area contributed by atoms with E-state index >= 15 is 0 Å². The van der Waals surface area contributed by atoms with Crippen LogP contribution in [0.25, 0.3) is 16.5 Å². The summed E-state index contributed by atoms with van der Waals surface area (Å²) in [7, 11) is 1.74. The maximum atomic E-state index is 11.4. The highest BCUT2D eigenvalue weighted by atomic mass is 16.2. The normalized spacial score (nSPS) is 10.2. The van der Waals surface area contributed by atoms with Gasteiger partial charge < -0.3 is 4.90 Å². The third-order valence-electron chi connectivity index (χ3n) is 2.98. The summed E-state index contributed by atoms with van der Waals surface area (Å²) in [6.45, 7) is 5.54. The van der Waals surface area contributed by atoms with E-state index in [9.17, 15) is 4.79 Å². The fraction of sp³-hybridized carbons (Fsp3) is 0.133. The molecule has 0 aromatic heterocycles. The second-order valence-electron chi connectivity index (χ2n) is 4.05. The second kappa shape index (κ2) is 4.42. The van der Waals surface area contributed by atoms with Crippen molar-refractivity contribution >= 4 is 22.4 Å². The first-order valence-corrected chi connectivity index (χ1v) is 5.52. The smallest absolute Gasteiger partial charge is 0.223 e. The van der Waals surface area contributed by atoms with Crippen molar-refractivity contribution < 1.29 is 4.79 Å². The molecule has 0 bridgehead atoms. The number of hydrogen-bond acceptors (Lipinski definition) is 1. The second-order valence-corrected chi connectivity index (χ2v) is 4.05. The van der Waals surface area contributed by atoms with Crippen LogP contribution in [0.1, 0.15) is 12.5 Å². The van der Waals surface area contributed by atoms with Crippen molar-refractivity contribution in [2.24, 2.45) is 0 Å². The largest absolute Gasteiger partial charge is 0.316 e. The van der Waals surface area contributed by atoms with Crippen LogP contribution in [-0.2, 0) is 4.79 Å². The van der Waals surface area contributed by atoms with E-state index in [2.05, 4.69) is 18.7 Å². The molecule has 2 rings (SSSR count). The van der Waals surface area contributed by atoms with Crippen LogP contribution in [0, 0.1) is 0 Å². The molecular weight excluding hydrogens is 210 g/mol. The molecule has 0 aliphatic carbocycles. The van der Waals surface area contributed by atoms with Gasteiger partial charge in [0.1, 0.15) is 0 Å². The first kappa shape index (κ1) is 11.4. The lowest BCUT2D eigenvalue weighted by molar-refractivity contribution is -0.124. The molecule has 0 aliphatic rings. The standard InChI is InChI=1S/C15H15NO/c1-11(16(3)12(2)17)14-10-6-8-13-7-4-5-9-15(13)14/h4-10H,1H2,2-3H3. The summed E-state index contributed by atoms with van der Waals surface area (Å²) < 4.78 is 0. The summed E-state index contributed by atoms with van der Waals surface area (Å²) in [4.78, 5) is 12.9. The molecule has 86 valence electrons. The Morgan fingerprint density at radius 1 is 1.12 bits per heavy atom. The van der Waals surface area contributed by atoms with Crippen LogP contribution in [0.4, 0.5) is 0 Å². The van der Waals surface area contributed by atoms with Crippen molar-refractivity contribution in [3.05, 3.63) is 54.6 Å². The highest BCUT2D eigenvalue weighted by molar-refractivity contribution is 5.96. The van der Waals surface area contributed by atoms with Gasteiger partial charge in [0.15, 0.2) is 0 Å². The number of benzene rings is 2. The SMILES string of the molecule is C=C(c1cccc2ccccc12)N(C)C(C)=O. The highest BCUT2D eigenvalue weighted by Gasteiger charge is 2.11. The third kappa shape index (κ3) is 2.07. The van der Waals surface area contributed by atoms with Crippen LogP contribution in [0.5, 0.6) is 0 Å². The van der Waals surface area contributed by atoms with Crippen LogP contribution in [0.3, 0.4) is 0 Å². The van der Waals surface area contributed by atoms with Crippen molar-refractivity contribution in [1.29, 1.82) is 0 Å². The first-order chi connectivity index (χ1) is 8.11. The quantitative estimate of drug-likeness (QED) is 0.768. The summed E-state index contributed by atoms with van der Waals surface area (Å²) in [5.41, 5.74) is 1.73. The summed E-state index contributed by atoms with van der Waals surface area (Å²) in [5.74, 6) is -0.0112. The Bertz CT molecular complexity index is 581. The summed E-state index contributed by atoms with van der Waals surface area (Å²) in [6.07, 6.45) is 0. The van der Waals surface area contributed by atoms with E-state index < -0.39 is 0 Å². The third-order valence-corrected chi connectivity index (χ3v) is 2.98. The van der Waals surface area contributed by atoms with Crippen molar-refractivity contribution in [2.45, 2.75) is 6.92 Å². The number of rotatable bonds is 2. The van der Waals surface area contributed by atoms with Crippen molar-refractivity contribution in [1.82, 2.24) is 4.90 Å². The molecule has 17 heavy (non-hydrogen) atoms. The van der Waals surface area contributed by atoms with E-state index in [1.54, 1.807) is 11.9 Å². The zero-order valence-electron chi connectivity index (χ0n) is 10.1. The van der Waals surface area contributed by atoms with Crippen molar-refractivity contribution in [3.8, 4) is 0 Å². The number of carbonyl (C=O) groups excluding carboxylic acids is 1. The Morgan fingerprint density at radius 3 is 2.47 bits per heavy atom. The molecule has 0 unspecified atom stereocenters. The van der Waals surface area contributed by atoms with Gasteiger partial charge in [-0.1, -0.05) is 49.0 Å². The lowest BCUT2D eigenvalue weighted by Crippen LogP contribution is -2.21. The fourth-order valence-electron chi connectivity index (χ4n) is 1.85. The molecule has 0 spiro atoms. The maximum absolute atomic E-state index is 11.4. The van der Waals surface area contributed by atoms with E-state index in [-0.39, 0.29) is 5.91 Å². The number of nitrogens with zero attached hydrogens (tertiary/aromatic N) is 1. The summed E-state index contributed by atoms with van der Waals surface area (Å²) in [5, 5.41) is 2.27. The monoisotopic (exact) mass is 225 g/mol. The van der Waals surface area contributed by atoms with Gasteiger partial charge in [-0.3, -0.25) is 4.79 Å². The molecule has 0 heterocycles. The Labute approximate surface area is 101 Å². The number of fused-ring (bicyclic) bond motifs is 1. The molecule has 2 aromatic rings. The summed E-state index contributed by atoms with van der Waals surface area (Å²) in [6, 6.07) is 14.1. The molecule has 0 saturated carbocycles. The van der Waals surface area contributed by atoms with Gasteiger partial charge in [-0.2, -0.15) is 0 Å². The van der Waals surface area contributed by atoms with Crippen molar-refractivity contribution in [3.63, 3.8) is 0 Å². The Hall–Kier alpha value is -2.09. The zero-order valence-corrected chi connectivity index (χ0v) is 10.1. The van der Waals surface area contributed by atoms with Gasteiger partial charge in [0.05, 0.1) is 0 Å². The van der Waals surface area contributed by atoms with Gasteiger partial charge in [0.25, 0.3) is 0 Å². The minimum atomic E-state index is -0.0112.